The molecule has 1 aromatic carbocycles. The van der Waals surface area contributed by atoms with Crippen LogP contribution in [0.3, 0.4) is 0 Å². The molecule has 0 atom stereocenters. The van der Waals surface area contributed by atoms with E-state index in [4.69, 9.17) is 12.2 Å². The number of hydrogen-bond acceptors (Lipinski definition) is 4. The molecule has 5 nitrogen and oxygen atoms in total. The van der Waals surface area contributed by atoms with Crippen LogP contribution in [0.4, 0.5) is 10.5 Å². The molecule has 0 radical (unpaired) electrons. The standard InChI is InChI=1S/C11H10N2O3/c1-3-7-4-5-8(6-9(7)12)10(14)13-11(15)16-2/h1,4-6H,12H2,2H3,(H,13,14,15). The van der Waals surface area contributed by atoms with Gasteiger partial charge in [-0.15, -0.1) is 6.42 Å². The topological polar surface area (TPSA) is 81.4 Å². The highest BCUT2D eigenvalue weighted by molar-refractivity contribution is 6.03. The fourth-order valence-corrected chi connectivity index (χ4v) is 1.05. The van der Waals surface area contributed by atoms with Crippen molar-refractivity contribution >= 4 is 17.7 Å². The van der Waals surface area contributed by atoms with Crippen molar-refractivity contribution in [1.29, 1.82) is 0 Å². The number of nitrogens with two attached hydrogens (primary N) is 1. The summed E-state index contributed by atoms with van der Waals surface area (Å²) in [5, 5.41) is 2.00. The Bertz CT molecular complexity index is 475. The van der Waals surface area contributed by atoms with Gasteiger partial charge in [0.2, 0.25) is 0 Å². The van der Waals surface area contributed by atoms with E-state index in [1.54, 1.807) is 0 Å². The first kappa shape index (κ1) is 11.6. The molecule has 0 bridgehead atoms. The highest BCUT2D eigenvalue weighted by atomic mass is 16.5. The van der Waals surface area contributed by atoms with Gasteiger partial charge in [-0.2, -0.15) is 0 Å². The Balaban J connectivity index is 2.90. The summed E-state index contributed by atoms with van der Waals surface area (Å²) < 4.78 is 4.28. The first-order valence-electron chi connectivity index (χ1n) is 4.34. The number of imide groups is 1. The number of anilines is 1. The van der Waals surface area contributed by atoms with E-state index in [0.29, 0.717) is 11.3 Å². The number of methoxy groups -OCH3 is 1. The molecular formula is C11H10N2O3. The van der Waals surface area contributed by atoms with Crippen LogP contribution in [-0.4, -0.2) is 19.1 Å². The molecular weight excluding hydrogens is 208 g/mol. The van der Waals surface area contributed by atoms with Gasteiger partial charge in [0.05, 0.1) is 7.11 Å². The number of terminal acetylenes is 1. The zero-order chi connectivity index (χ0) is 12.1. The van der Waals surface area contributed by atoms with Gasteiger partial charge in [0, 0.05) is 16.8 Å². The van der Waals surface area contributed by atoms with E-state index in [0.717, 1.165) is 0 Å². The van der Waals surface area contributed by atoms with Crippen molar-refractivity contribution in [3.63, 3.8) is 0 Å². The van der Waals surface area contributed by atoms with E-state index in [2.05, 4.69) is 10.7 Å². The summed E-state index contributed by atoms with van der Waals surface area (Å²) in [5.74, 6) is 1.77. The molecule has 3 N–H and O–H groups in total. The Hall–Kier alpha value is -2.48. The second-order valence-electron chi connectivity index (χ2n) is 2.89. The number of nitrogen functional groups attached to an aromatic ring is 1. The molecule has 82 valence electrons. The van der Waals surface area contributed by atoms with Crippen molar-refractivity contribution in [3.8, 4) is 12.3 Å². The summed E-state index contributed by atoms with van der Waals surface area (Å²) in [5.41, 5.74) is 6.63. The second-order valence-corrected chi connectivity index (χ2v) is 2.89. The van der Waals surface area contributed by atoms with Crippen molar-refractivity contribution < 1.29 is 14.3 Å². The summed E-state index contributed by atoms with van der Waals surface area (Å²) in [6.45, 7) is 0. The number of nitrogens with one attached hydrogen (secondary N) is 1. The van der Waals surface area contributed by atoms with Crippen molar-refractivity contribution in [2.24, 2.45) is 0 Å². The lowest BCUT2D eigenvalue weighted by Gasteiger charge is -2.04. The van der Waals surface area contributed by atoms with E-state index in [9.17, 15) is 9.59 Å². The summed E-state index contributed by atoms with van der Waals surface area (Å²) in [4.78, 5) is 22.2. The molecule has 0 aliphatic carbocycles. The Morgan fingerprint density at radius 1 is 1.50 bits per heavy atom. The van der Waals surface area contributed by atoms with Crippen LogP contribution in [0.5, 0.6) is 0 Å². The summed E-state index contributed by atoms with van der Waals surface area (Å²) in [6.07, 6.45) is 4.35. The van der Waals surface area contributed by atoms with E-state index in [1.165, 1.54) is 25.3 Å². The molecule has 0 aliphatic heterocycles. The Morgan fingerprint density at radius 2 is 2.19 bits per heavy atom. The molecule has 0 aliphatic rings. The number of carbonyl (C=O) groups excluding carboxylic acids is 2. The molecule has 0 unspecified atom stereocenters. The number of hydrogen-bond donors (Lipinski definition) is 2. The predicted octanol–water partition coefficient (Wildman–Crippen LogP) is 0.746. The summed E-state index contributed by atoms with van der Waals surface area (Å²) in [7, 11) is 1.17. The Kier molecular flexibility index (Phi) is 3.51. The van der Waals surface area contributed by atoms with Crippen LogP contribution >= 0.6 is 0 Å². The number of carbonyl (C=O) groups is 2. The minimum atomic E-state index is -0.829. The highest BCUT2D eigenvalue weighted by Gasteiger charge is 2.11. The minimum absolute atomic E-state index is 0.238. The van der Waals surface area contributed by atoms with E-state index in [-0.39, 0.29) is 5.56 Å². The molecule has 1 aromatic rings. The van der Waals surface area contributed by atoms with Crippen LogP contribution in [0.2, 0.25) is 0 Å². The Morgan fingerprint density at radius 3 is 2.69 bits per heavy atom. The second kappa shape index (κ2) is 4.84. The summed E-state index contributed by atoms with van der Waals surface area (Å²) >= 11 is 0. The first-order chi connectivity index (χ1) is 7.58. The van der Waals surface area contributed by atoms with Crippen LogP contribution < -0.4 is 11.1 Å². The largest absolute Gasteiger partial charge is 0.453 e. The highest BCUT2D eigenvalue weighted by Crippen LogP contribution is 2.12. The van der Waals surface area contributed by atoms with Crippen molar-refractivity contribution in [1.82, 2.24) is 5.32 Å². The molecule has 0 saturated heterocycles. The number of amides is 2. The lowest BCUT2D eigenvalue weighted by Crippen LogP contribution is -2.30. The van der Waals surface area contributed by atoms with Gasteiger partial charge in [-0.3, -0.25) is 10.1 Å². The van der Waals surface area contributed by atoms with Gasteiger partial charge >= 0.3 is 6.09 Å². The smallest absolute Gasteiger partial charge is 0.413 e. The third-order valence-corrected chi connectivity index (χ3v) is 1.87. The molecule has 5 heteroatoms. The molecule has 0 spiro atoms. The third kappa shape index (κ3) is 2.51. The van der Waals surface area contributed by atoms with Crippen LogP contribution in [0.15, 0.2) is 18.2 Å². The number of alkyl carbamates (subject to hydrolysis) is 1. The molecule has 0 aromatic heterocycles. The van der Waals surface area contributed by atoms with Gasteiger partial charge in [-0.1, -0.05) is 5.92 Å². The molecule has 0 saturated carbocycles. The minimum Gasteiger partial charge on any atom is -0.453 e. The number of ether oxygens (including phenoxy) is 1. The maximum absolute atomic E-state index is 11.4. The average Bonchev–Trinajstić information content (AvgIpc) is 2.28. The first-order valence-corrected chi connectivity index (χ1v) is 4.34. The van der Waals surface area contributed by atoms with Crippen LogP contribution in [0, 0.1) is 12.3 Å². The molecule has 2 amide bonds. The van der Waals surface area contributed by atoms with Gasteiger partial charge < -0.3 is 10.5 Å². The maximum Gasteiger partial charge on any atom is 0.413 e. The van der Waals surface area contributed by atoms with Crippen molar-refractivity contribution in [2.45, 2.75) is 0 Å². The number of rotatable bonds is 1. The van der Waals surface area contributed by atoms with Gasteiger partial charge in [-0.05, 0) is 18.2 Å². The normalized spacial score (nSPS) is 9.00. The molecule has 0 heterocycles. The van der Waals surface area contributed by atoms with Gasteiger partial charge in [0.15, 0.2) is 0 Å². The average molecular weight is 218 g/mol. The van der Waals surface area contributed by atoms with Crippen molar-refractivity contribution in [2.75, 3.05) is 12.8 Å². The Labute approximate surface area is 92.6 Å². The van der Waals surface area contributed by atoms with E-state index < -0.39 is 12.0 Å². The lowest BCUT2D eigenvalue weighted by molar-refractivity contribution is 0.0937. The molecule has 1 rings (SSSR count). The fraction of sp³-hybridized carbons (Fsp3) is 0.0909. The number of benzene rings is 1. The quantitative estimate of drug-likeness (QED) is 0.538. The van der Waals surface area contributed by atoms with Crippen LogP contribution in [-0.2, 0) is 4.74 Å². The van der Waals surface area contributed by atoms with Crippen LogP contribution in [0.1, 0.15) is 15.9 Å². The van der Waals surface area contributed by atoms with Crippen LogP contribution in [0.25, 0.3) is 0 Å². The maximum atomic E-state index is 11.4. The van der Waals surface area contributed by atoms with Gasteiger partial charge in [0.1, 0.15) is 0 Å². The fourth-order valence-electron chi connectivity index (χ4n) is 1.05. The van der Waals surface area contributed by atoms with Gasteiger partial charge in [-0.25, -0.2) is 4.79 Å². The SMILES string of the molecule is C#Cc1ccc(C(=O)NC(=O)OC)cc1N. The van der Waals surface area contributed by atoms with Gasteiger partial charge in [0.25, 0.3) is 5.91 Å². The zero-order valence-corrected chi connectivity index (χ0v) is 8.61. The summed E-state index contributed by atoms with van der Waals surface area (Å²) in [6, 6.07) is 4.40. The zero-order valence-electron chi connectivity index (χ0n) is 8.61. The van der Waals surface area contributed by atoms with E-state index >= 15 is 0 Å². The molecule has 16 heavy (non-hydrogen) atoms. The monoisotopic (exact) mass is 218 g/mol. The predicted molar refractivity (Wildman–Crippen MR) is 58.7 cm³/mol. The van der Waals surface area contributed by atoms with E-state index in [1.807, 2.05) is 5.32 Å². The molecule has 0 fully saturated rings. The lowest BCUT2D eigenvalue weighted by atomic mass is 10.1. The van der Waals surface area contributed by atoms with Crippen molar-refractivity contribution in [3.05, 3.63) is 29.3 Å². The third-order valence-electron chi connectivity index (χ3n) is 1.87.